The molecule has 1 aliphatic rings. The first-order valence-corrected chi connectivity index (χ1v) is 7.85. The minimum Gasteiger partial charge on any atom is -0.496 e. The molecule has 1 aliphatic heterocycles. The average Bonchev–Trinajstić information content (AvgIpc) is 2.55. The van der Waals surface area contributed by atoms with Crippen LogP contribution in [-0.2, 0) is 16.1 Å². The summed E-state index contributed by atoms with van der Waals surface area (Å²) in [5, 5.41) is 9.28. The Bertz CT molecular complexity index is 561. The molecule has 1 fully saturated rings. The molecule has 1 saturated heterocycles. The van der Waals surface area contributed by atoms with E-state index in [1.807, 2.05) is 24.3 Å². The van der Waals surface area contributed by atoms with Crippen LogP contribution in [0.2, 0.25) is 0 Å². The van der Waals surface area contributed by atoms with Gasteiger partial charge in [-0.2, -0.15) is 0 Å². The lowest BCUT2D eigenvalue weighted by Crippen LogP contribution is -2.49. The van der Waals surface area contributed by atoms with Crippen LogP contribution in [0.4, 0.5) is 0 Å². The van der Waals surface area contributed by atoms with Crippen LogP contribution in [0, 0.1) is 0 Å². The van der Waals surface area contributed by atoms with E-state index in [1.165, 1.54) is 0 Å². The zero-order chi connectivity index (χ0) is 16.8. The summed E-state index contributed by atoms with van der Waals surface area (Å²) in [7, 11) is 3.33. The van der Waals surface area contributed by atoms with Crippen LogP contribution in [-0.4, -0.2) is 60.1 Å². The number of likely N-dealkylation sites (N-methyl/N-ethyl adjacent to an activating group) is 1. The fourth-order valence-electron chi connectivity index (χ4n) is 2.93. The van der Waals surface area contributed by atoms with Gasteiger partial charge in [0.25, 0.3) is 0 Å². The van der Waals surface area contributed by atoms with Crippen molar-refractivity contribution in [3.05, 3.63) is 29.8 Å². The Hall–Kier alpha value is -2.08. The third kappa shape index (κ3) is 4.45. The van der Waals surface area contributed by atoms with E-state index in [9.17, 15) is 14.7 Å². The molecule has 0 saturated carbocycles. The lowest BCUT2D eigenvalue weighted by Gasteiger charge is -2.33. The van der Waals surface area contributed by atoms with Gasteiger partial charge in [-0.05, 0) is 25.5 Å². The molecule has 1 amide bonds. The smallest absolute Gasteiger partial charge is 0.320 e. The number of nitrogens with zero attached hydrogens (tertiary/aromatic N) is 2. The Balaban J connectivity index is 1.98. The standard InChI is InChI=1S/C17H24N2O4/c1-18(11-13-7-3-4-9-15(13)23-2)16(20)12-19-10-6-5-8-14(19)17(21)22/h3-4,7,9,14H,5-6,8,10-12H2,1-2H3,(H,21,22). The van der Waals surface area contributed by atoms with Gasteiger partial charge in [-0.3, -0.25) is 14.5 Å². The largest absolute Gasteiger partial charge is 0.496 e. The SMILES string of the molecule is COc1ccccc1CN(C)C(=O)CN1CCCCC1C(=O)O. The number of piperidine rings is 1. The number of ether oxygens (including phenoxy) is 1. The maximum absolute atomic E-state index is 12.4. The zero-order valence-corrected chi connectivity index (χ0v) is 13.7. The van der Waals surface area contributed by atoms with E-state index in [2.05, 4.69) is 0 Å². The van der Waals surface area contributed by atoms with Crippen LogP contribution in [0.5, 0.6) is 5.75 Å². The number of carbonyl (C=O) groups excluding carboxylic acids is 1. The fourth-order valence-corrected chi connectivity index (χ4v) is 2.93. The van der Waals surface area contributed by atoms with Crippen molar-refractivity contribution in [2.24, 2.45) is 0 Å². The lowest BCUT2D eigenvalue weighted by molar-refractivity contribution is -0.146. The highest BCUT2D eigenvalue weighted by molar-refractivity contribution is 5.80. The number of hydrogen-bond donors (Lipinski definition) is 1. The van der Waals surface area contributed by atoms with E-state index < -0.39 is 12.0 Å². The molecule has 1 atom stereocenters. The zero-order valence-electron chi connectivity index (χ0n) is 13.7. The second-order valence-corrected chi connectivity index (χ2v) is 5.88. The van der Waals surface area contributed by atoms with Gasteiger partial charge in [-0.15, -0.1) is 0 Å². The second-order valence-electron chi connectivity index (χ2n) is 5.88. The van der Waals surface area contributed by atoms with Crippen molar-refractivity contribution in [3.63, 3.8) is 0 Å². The molecule has 1 N–H and O–H groups in total. The van der Waals surface area contributed by atoms with E-state index in [-0.39, 0.29) is 12.5 Å². The molecule has 6 heteroatoms. The number of carbonyl (C=O) groups is 2. The normalized spacial score (nSPS) is 18.4. The van der Waals surface area contributed by atoms with E-state index in [0.29, 0.717) is 19.5 Å². The second kappa shape index (κ2) is 7.97. The molecule has 0 spiro atoms. The van der Waals surface area contributed by atoms with Crippen molar-refractivity contribution in [1.29, 1.82) is 0 Å². The number of rotatable bonds is 6. The highest BCUT2D eigenvalue weighted by Gasteiger charge is 2.30. The van der Waals surface area contributed by atoms with E-state index in [1.54, 1.807) is 24.0 Å². The third-order valence-electron chi connectivity index (χ3n) is 4.26. The average molecular weight is 320 g/mol. The first kappa shape index (κ1) is 17.3. The molecule has 2 rings (SSSR count). The Morgan fingerprint density at radius 1 is 1.35 bits per heavy atom. The third-order valence-corrected chi connectivity index (χ3v) is 4.26. The van der Waals surface area contributed by atoms with Gasteiger partial charge in [0, 0.05) is 19.2 Å². The monoisotopic (exact) mass is 320 g/mol. The van der Waals surface area contributed by atoms with Gasteiger partial charge < -0.3 is 14.7 Å². The summed E-state index contributed by atoms with van der Waals surface area (Å²) in [6.07, 6.45) is 2.45. The quantitative estimate of drug-likeness (QED) is 0.862. The molecule has 126 valence electrons. The summed E-state index contributed by atoms with van der Waals surface area (Å²) >= 11 is 0. The summed E-state index contributed by atoms with van der Waals surface area (Å²) in [6.45, 7) is 1.24. The van der Waals surface area contributed by atoms with Gasteiger partial charge in [0.2, 0.25) is 5.91 Å². The van der Waals surface area contributed by atoms with Crippen LogP contribution >= 0.6 is 0 Å². The number of para-hydroxylation sites is 1. The predicted molar refractivity (Wildman–Crippen MR) is 86.3 cm³/mol. The van der Waals surface area contributed by atoms with Crippen molar-refractivity contribution in [3.8, 4) is 5.75 Å². The first-order chi connectivity index (χ1) is 11.0. The molecule has 0 aromatic heterocycles. The van der Waals surface area contributed by atoms with Crippen LogP contribution < -0.4 is 4.74 Å². The lowest BCUT2D eigenvalue weighted by atomic mass is 10.0. The minimum atomic E-state index is -0.843. The molecule has 1 heterocycles. The maximum Gasteiger partial charge on any atom is 0.320 e. The van der Waals surface area contributed by atoms with Gasteiger partial charge in [0.1, 0.15) is 11.8 Å². The van der Waals surface area contributed by atoms with Gasteiger partial charge in [-0.25, -0.2) is 0 Å². The summed E-state index contributed by atoms with van der Waals surface area (Å²) in [5.41, 5.74) is 0.930. The highest BCUT2D eigenvalue weighted by Crippen LogP contribution is 2.20. The predicted octanol–water partition coefficient (Wildman–Crippen LogP) is 1.59. The number of carboxylic acids is 1. The summed E-state index contributed by atoms with van der Waals surface area (Å²) in [6, 6.07) is 7.02. The number of hydrogen-bond acceptors (Lipinski definition) is 4. The van der Waals surface area contributed by atoms with E-state index >= 15 is 0 Å². The van der Waals surface area contributed by atoms with Gasteiger partial charge in [-0.1, -0.05) is 24.6 Å². The highest BCUT2D eigenvalue weighted by atomic mass is 16.5. The number of methoxy groups -OCH3 is 1. The molecular formula is C17H24N2O4. The molecule has 1 aromatic carbocycles. The number of benzene rings is 1. The van der Waals surface area contributed by atoms with Crippen molar-refractivity contribution in [1.82, 2.24) is 9.80 Å². The Labute approximate surface area is 136 Å². The molecule has 0 bridgehead atoms. The van der Waals surface area contributed by atoms with Gasteiger partial charge >= 0.3 is 5.97 Å². The number of aliphatic carboxylic acids is 1. The van der Waals surface area contributed by atoms with Crippen LogP contribution in [0.25, 0.3) is 0 Å². The Kier molecular flexibility index (Phi) is 5.98. The molecule has 23 heavy (non-hydrogen) atoms. The Morgan fingerprint density at radius 3 is 2.78 bits per heavy atom. The van der Waals surface area contributed by atoms with Crippen molar-refractivity contribution >= 4 is 11.9 Å². The Morgan fingerprint density at radius 2 is 2.09 bits per heavy atom. The van der Waals surface area contributed by atoms with Crippen molar-refractivity contribution < 1.29 is 19.4 Å². The summed E-state index contributed by atoms with van der Waals surface area (Å²) in [4.78, 5) is 27.1. The van der Waals surface area contributed by atoms with Crippen LogP contribution in [0.1, 0.15) is 24.8 Å². The molecule has 0 radical (unpaired) electrons. The number of amides is 1. The fraction of sp³-hybridized carbons (Fsp3) is 0.529. The molecule has 1 unspecified atom stereocenters. The molecule has 6 nitrogen and oxygen atoms in total. The first-order valence-electron chi connectivity index (χ1n) is 7.85. The van der Waals surface area contributed by atoms with Crippen LogP contribution in [0.15, 0.2) is 24.3 Å². The molecular weight excluding hydrogens is 296 g/mol. The number of likely N-dealkylation sites (tertiary alicyclic amines) is 1. The van der Waals surface area contributed by atoms with Crippen molar-refractivity contribution in [2.75, 3.05) is 27.2 Å². The van der Waals surface area contributed by atoms with Crippen LogP contribution in [0.3, 0.4) is 0 Å². The summed E-state index contributed by atoms with van der Waals surface area (Å²) < 4.78 is 5.30. The van der Waals surface area contributed by atoms with Gasteiger partial charge in [0.15, 0.2) is 0 Å². The van der Waals surface area contributed by atoms with E-state index in [4.69, 9.17) is 4.74 Å². The maximum atomic E-state index is 12.4. The minimum absolute atomic E-state index is 0.0796. The number of carboxylic acid groups (broad SMARTS) is 1. The topological polar surface area (TPSA) is 70.1 Å². The van der Waals surface area contributed by atoms with Gasteiger partial charge in [0.05, 0.1) is 13.7 Å². The molecule has 1 aromatic rings. The van der Waals surface area contributed by atoms with E-state index in [0.717, 1.165) is 24.2 Å². The molecule has 0 aliphatic carbocycles. The van der Waals surface area contributed by atoms with Crippen molar-refractivity contribution in [2.45, 2.75) is 31.8 Å². The summed E-state index contributed by atoms with van der Waals surface area (Å²) in [5.74, 6) is -0.178.